The Morgan fingerprint density at radius 3 is 2.75 bits per heavy atom. The zero-order valence-electron chi connectivity index (χ0n) is 7.15. The van der Waals surface area contributed by atoms with Crippen LogP contribution >= 0.6 is 0 Å². The fraction of sp³-hybridized carbons (Fsp3) is 0.333. The highest BCUT2D eigenvalue weighted by atomic mass is 17.1. The standard InChI is InChI=1S/C9H12O3/c1-7(12-10)8-4-3-5-9(6-8)11-2/h3-7,10H,1-2H3. The summed E-state index contributed by atoms with van der Waals surface area (Å²) in [5.74, 6) is 0.761. The molecule has 0 aliphatic heterocycles. The SMILES string of the molecule is COc1cccc(C(C)OO)c1. The van der Waals surface area contributed by atoms with Gasteiger partial charge >= 0.3 is 0 Å². The molecule has 1 aromatic carbocycles. The third kappa shape index (κ3) is 1.96. The lowest BCUT2D eigenvalue weighted by Gasteiger charge is -2.08. The molecule has 66 valence electrons. The molecule has 0 saturated heterocycles. The van der Waals surface area contributed by atoms with Crippen LogP contribution < -0.4 is 4.74 Å². The normalized spacial score (nSPS) is 12.6. The van der Waals surface area contributed by atoms with Crippen molar-refractivity contribution < 1.29 is 14.9 Å². The molecule has 0 aromatic heterocycles. The van der Waals surface area contributed by atoms with Crippen molar-refractivity contribution in [1.82, 2.24) is 0 Å². The molecular formula is C9H12O3. The van der Waals surface area contributed by atoms with E-state index >= 15 is 0 Å². The molecule has 0 aliphatic carbocycles. The highest BCUT2D eigenvalue weighted by molar-refractivity contribution is 5.29. The smallest absolute Gasteiger partial charge is 0.119 e. The first-order valence-corrected chi connectivity index (χ1v) is 3.72. The van der Waals surface area contributed by atoms with Crippen molar-refractivity contribution in [3.05, 3.63) is 29.8 Å². The third-order valence-corrected chi connectivity index (χ3v) is 1.72. The molecule has 1 N–H and O–H groups in total. The molecule has 3 heteroatoms. The van der Waals surface area contributed by atoms with Gasteiger partial charge in [0.2, 0.25) is 0 Å². The summed E-state index contributed by atoms with van der Waals surface area (Å²) in [6.07, 6.45) is -0.319. The first kappa shape index (κ1) is 9.03. The Balaban J connectivity index is 2.86. The molecule has 0 bridgehead atoms. The van der Waals surface area contributed by atoms with E-state index in [2.05, 4.69) is 4.89 Å². The van der Waals surface area contributed by atoms with Crippen LogP contribution in [0.15, 0.2) is 24.3 Å². The van der Waals surface area contributed by atoms with Gasteiger partial charge in [0.25, 0.3) is 0 Å². The first-order valence-electron chi connectivity index (χ1n) is 3.72. The van der Waals surface area contributed by atoms with E-state index < -0.39 is 0 Å². The third-order valence-electron chi connectivity index (χ3n) is 1.72. The molecule has 1 atom stereocenters. The molecule has 0 amide bonds. The zero-order valence-corrected chi connectivity index (χ0v) is 7.15. The van der Waals surface area contributed by atoms with E-state index in [-0.39, 0.29) is 6.10 Å². The van der Waals surface area contributed by atoms with E-state index in [1.54, 1.807) is 14.0 Å². The summed E-state index contributed by atoms with van der Waals surface area (Å²) in [5, 5.41) is 8.41. The van der Waals surface area contributed by atoms with Crippen LogP contribution in [-0.4, -0.2) is 12.4 Å². The predicted molar refractivity (Wildman–Crippen MR) is 45.1 cm³/mol. The molecule has 3 nitrogen and oxygen atoms in total. The zero-order chi connectivity index (χ0) is 8.97. The van der Waals surface area contributed by atoms with Crippen LogP contribution in [0.25, 0.3) is 0 Å². The van der Waals surface area contributed by atoms with Gasteiger partial charge in [-0.15, -0.1) is 0 Å². The number of methoxy groups -OCH3 is 1. The van der Waals surface area contributed by atoms with Crippen molar-refractivity contribution >= 4 is 0 Å². The minimum absolute atomic E-state index is 0.319. The average Bonchev–Trinajstić information content (AvgIpc) is 2.17. The van der Waals surface area contributed by atoms with Crippen LogP contribution in [0.3, 0.4) is 0 Å². The largest absolute Gasteiger partial charge is 0.497 e. The van der Waals surface area contributed by atoms with E-state index in [0.29, 0.717) is 0 Å². The van der Waals surface area contributed by atoms with E-state index in [4.69, 9.17) is 9.99 Å². The van der Waals surface area contributed by atoms with Crippen LogP contribution in [0.4, 0.5) is 0 Å². The highest BCUT2D eigenvalue weighted by Gasteiger charge is 2.04. The van der Waals surface area contributed by atoms with Crippen molar-refractivity contribution in [2.75, 3.05) is 7.11 Å². The molecule has 1 aromatic rings. The first-order chi connectivity index (χ1) is 5.77. The number of hydrogen-bond acceptors (Lipinski definition) is 3. The van der Waals surface area contributed by atoms with Crippen molar-refractivity contribution in [2.24, 2.45) is 0 Å². The van der Waals surface area contributed by atoms with E-state index in [1.807, 2.05) is 24.3 Å². The Morgan fingerprint density at radius 2 is 2.17 bits per heavy atom. The Labute approximate surface area is 71.5 Å². The van der Waals surface area contributed by atoms with Crippen LogP contribution in [0.1, 0.15) is 18.6 Å². The van der Waals surface area contributed by atoms with Gasteiger partial charge in [0, 0.05) is 0 Å². The molecule has 0 heterocycles. The summed E-state index contributed by atoms with van der Waals surface area (Å²) < 4.78 is 5.01. The Bertz CT molecular complexity index is 247. The van der Waals surface area contributed by atoms with Gasteiger partial charge < -0.3 is 4.74 Å². The fourth-order valence-corrected chi connectivity index (χ4v) is 0.955. The lowest BCUT2D eigenvalue weighted by atomic mass is 10.1. The highest BCUT2D eigenvalue weighted by Crippen LogP contribution is 2.20. The maximum atomic E-state index is 8.41. The maximum Gasteiger partial charge on any atom is 0.119 e. The molecule has 0 saturated carbocycles. The summed E-state index contributed by atoms with van der Waals surface area (Å²) in [7, 11) is 1.60. The monoisotopic (exact) mass is 168 g/mol. The van der Waals surface area contributed by atoms with Crippen LogP contribution in [-0.2, 0) is 4.89 Å². The van der Waals surface area contributed by atoms with Gasteiger partial charge in [0.05, 0.1) is 7.11 Å². The molecule has 0 spiro atoms. The van der Waals surface area contributed by atoms with Gasteiger partial charge in [-0.25, -0.2) is 4.89 Å². The van der Waals surface area contributed by atoms with Crippen molar-refractivity contribution in [2.45, 2.75) is 13.0 Å². The summed E-state index contributed by atoms with van der Waals surface area (Å²) in [6.45, 7) is 1.76. The minimum Gasteiger partial charge on any atom is -0.497 e. The molecule has 1 rings (SSSR count). The van der Waals surface area contributed by atoms with Gasteiger partial charge in [0.15, 0.2) is 0 Å². The summed E-state index contributed by atoms with van der Waals surface area (Å²) in [5.41, 5.74) is 0.886. The van der Waals surface area contributed by atoms with Crippen molar-refractivity contribution in [3.63, 3.8) is 0 Å². The quantitative estimate of drug-likeness (QED) is 0.555. The Hall–Kier alpha value is -1.06. The summed E-state index contributed by atoms with van der Waals surface area (Å²) >= 11 is 0. The predicted octanol–water partition coefficient (Wildman–Crippen LogP) is 2.25. The number of ether oxygens (including phenoxy) is 1. The Kier molecular flexibility index (Phi) is 3.08. The number of hydrogen-bond donors (Lipinski definition) is 1. The maximum absolute atomic E-state index is 8.41. The molecular weight excluding hydrogens is 156 g/mol. The topological polar surface area (TPSA) is 38.7 Å². The summed E-state index contributed by atoms with van der Waals surface area (Å²) in [6, 6.07) is 7.38. The van der Waals surface area contributed by atoms with E-state index in [0.717, 1.165) is 11.3 Å². The minimum atomic E-state index is -0.319. The van der Waals surface area contributed by atoms with Gasteiger partial charge in [-0.3, -0.25) is 5.26 Å². The second-order valence-electron chi connectivity index (χ2n) is 2.52. The van der Waals surface area contributed by atoms with Gasteiger partial charge in [-0.2, -0.15) is 0 Å². The molecule has 0 radical (unpaired) electrons. The fourth-order valence-electron chi connectivity index (χ4n) is 0.955. The molecule has 0 aliphatic rings. The average molecular weight is 168 g/mol. The van der Waals surface area contributed by atoms with Gasteiger partial charge in [-0.05, 0) is 24.6 Å². The van der Waals surface area contributed by atoms with Crippen LogP contribution in [0, 0.1) is 0 Å². The lowest BCUT2D eigenvalue weighted by Crippen LogP contribution is -1.96. The van der Waals surface area contributed by atoms with Crippen LogP contribution in [0.2, 0.25) is 0 Å². The van der Waals surface area contributed by atoms with E-state index in [1.165, 1.54) is 0 Å². The van der Waals surface area contributed by atoms with Gasteiger partial charge in [0.1, 0.15) is 11.9 Å². The Morgan fingerprint density at radius 1 is 1.42 bits per heavy atom. The number of benzene rings is 1. The van der Waals surface area contributed by atoms with Gasteiger partial charge in [-0.1, -0.05) is 12.1 Å². The lowest BCUT2D eigenvalue weighted by molar-refractivity contribution is -0.277. The molecule has 0 fully saturated rings. The van der Waals surface area contributed by atoms with Crippen LogP contribution in [0.5, 0.6) is 5.75 Å². The van der Waals surface area contributed by atoms with E-state index in [9.17, 15) is 0 Å². The van der Waals surface area contributed by atoms with Crippen molar-refractivity contribution in [3.8, 4) is 5.75 Å². The van der Waals surface area contributed by atoms with Crippen molar-refractivity contribution in [1.29, 1.82) is 0 Å². The second-order valence-corrected chi connectivity index (χ2v) is 2.52. The molecule has 1 unspecified atom stereocenters. The summed E-state index contributed by atoms with van der Waals surface area (Å²) in [4.78, 5) is 4.18. The molecule has 12 heavy (non-hydrogen) atoms. The number of rotatable bonds is 3. The second kappa shape index (κ2) is 4.09.